The predicted octanol–water partition coefficient (Wildman–Crippen LogP) is 7.59. The third-order valence-electron chi connectivity index (χ3n) is 6.24. The molecule has 0 radical (unpaired) electrons. The van der Waals surface area contributed by atoms with Crippen LogP contribution in [0.3, 0.4) is 0 Å². The number of allylic oxidation sites excluding steroid dienone is 1. The second kappa shape index (κ2) is 13.4. The van der Waals surface area contributed by atoms with Gasteiger partial charge >= 0.3 is 0 Å². The van der Waals surface area contributed by atoms with Gasteiger partial charge in [-0.3, -0.25) is 14.3 Å². The summed E-state index contributed by atoms with van der Waals surface area (Å²) in [7, 11) is 3.44. The number of carbonyl (C=O) groups is 2. The SMILES string of the molecule is CC/C(=C(\c1ccccc1)c1ccc(/C=C/C(=O)NSc2ccc(C(=O)N(C)C)cc2)cc1)c1ccccc1. The molecule has 0 saturated heterocycles. The lowest BCUT2D eigenvalue weighted by atomic mass is 9.88. The normalized spacial score (nSPS) is 11.7. The fraction of sp³-hybridized carbons (Fsp3) is 0.118. The number of benzene rings is 4. The number of amides is 2. The van der Waals surface area contributed by atoms with E-state index in [0.29, 0.717) is 5.56 Å². The summed E-state index contributed by atoms with van der Waals surface area (Å²) in [6.07, 6.45) is 4.24. The van der Waals surface area contributed by atoms with E-state index in [4.69, 9.17) is 0 Å². The van der Waals surface area contributed by atoms with Crippen LogP contribution in [0.25, 0.3) is 17.2 Å². The lowest BCUT2D eigenvalue weighted by molar-refractivity contribution is -0.114. The van der Waals surface area contributed by atoms with Crippen molar-refractivity contribution in [2.75, 3.05) is 14.1 Å². The zero-order valence-electron chi connectivity index (χ0n) is 22.4. The van der Waals surface area contributed by atoms with E-state index in [2.05, 4.69) is 72.3 Å². The zero-order valence-corrected chi connectivity index (χ0v) is 23.2. The standard InChI is InChI=1S/C34H32N2O2S/c1-4-31(26-11-7-5-8-12-26)33(27-13-9-6-10-14-27)28-18-15-25(16-19-28)17-24-32(37)35-39-30-22-20-29(21-23-30)34(38)36(2)3/h5-24H,4H2,1-3H3,(H,35,37)/b24-17+,33-31-. The molecule has 0 bridgehead atoms. The summed E-state index contributed by atoms with van der Waals surface area (Å²) in [4.78, 5) is 26.8. The molecule has 0 atom stereocenters. The van der Waals surface area contributed by atoms with Gasteiger partial charge in [-0.05, 0) is 82.1 Å². The number of carbonyl (C=O) groups excluding carboxylic acids is 2. The van der Waals surface area contributed by atoms with Crippen molar-refractivity contribution in [3.63, 3.8) is 0 Å². The second-order valence-electron chi connectivity index (χ2n) is 9.19. The van der Waals surface area contributed by atoms with Crippen LogP contribution < -0.4 is 4.72 Å². The summed E-state index contributed by atoms with van der Waals surface area (Å²) in [5.41, 5.74) is 7.59. The van der Waals surface area contributed by atoms with Gasteiger partial charge in [0.05, 0.1) is 0 Å². The Bertz CT molecular complexity index is 1460. The Labute approximate surface area is 235 Å². The molecule has 0 heterocycles. The van der Waals surface area contributed by atoms with Crippen molar-refractivity contribution < 1.29 is 9.59 Å². The molecule has 4 nitrogen and oxygen atoms in total. The van der Waals surface area contributed by atoms with Crippen LogP contribution in [-0.2, 0) is 4.79 Å². The van der Waals surface area contributed by atoms with Crippen LogP contribution in [0.2, 0.25) is 0 Å². The van der Waals surface area contributed by atoms with Crippen molar-refractivity contribution in [1.82, 2.24) is 9.62 Å². The first kappa shape index (κ1) is 27.7. The van der Waals surface area contributed by atoms with Crippen molar-refractivity contribution in [2.24, 2.45) is 0 Å². The molecular weight excluding hydrogens is 500 g/mol. The van der Waals surface area contributed by atoms with E-state index in [1.807, 2.05) is 42.5 Å². The summed E-state index contributed by atoms with van der Waals surface area (Å²) >= 11 is 1.22. The van der Waals surface area contributed by atoms with E-state index in [1.54, 1.807) is 26.2 Å². The molecule has 0 aliphatic carbocycles. The minimum atomic E-state index is -0.209. The van der Waals surface area contributed by atoms with Crippen LogP contribution in [-0.4, -0.2) is 30.8 Å². The van der Waals surface area contributed by atoms with Gasteiger partial charge in [0, 0.05) is 30.6 Å². The molecule has 5 heteroatoms. The Kier molecular flexibility index (Phi) is 9.54. The van der Waals surface area contributed by atoms with Crippen molar-refractivity contribution in [3.8, 4) is 0 Å². The molecular formula is C34H32N2O2S. The van der Waals surface area contributed by atoms with Crippen LogP contribution in [0.1, 0.15) is 46.0 Å². The van der Waals surface area contributed by atoms with Crippen molar-refractivity contribution in [1.29, 1.82) is 0 Å². The number of hydrogen-bond acceptors (Lipinski definition) is 3. The number of nitrogens with zero attached hydrogens (tertiary/aromatic N) is 1. The first-order valence-electron chi connectivity index (χ1n) is 12.9. The maximum Gasteiger partial charge on any atom is 0.254 e. The Hall–Kier alpha value is -4.35. The monoisotopic (exact) mass is 532 g/mol. The molecule has 2 amide bonds. The molecule has 0 fully saturated rings. The van der Waals surface area contributed by atoms with Gasteiger partial charge in [-0.15, -0.1) is 0 Å². The van der Waals surface area contributed by atoms with Crippen molar-refractivity contribution in [2.45, 2.75) is 18.2 Å². The lowest BCUT2D eigenvalue weighted by Gasteiger charge is -2.16. The van der Waals surface area contributed by atoms with Gasteiger partial charge in [0.2, 0.25) is 0 Å². The molecule has 0 saturated carbocycles. The first-order valence-corrected chi connectivity index (χ1v) is 13.7. The number of nitrogens with one attached hydrogen (secondary N) is 1. The van der Waals surface area contributed by atoms with Gasteiger partial charge in [0.25, 0.3) is 11.8 Å². The fourth-order valence-electron chi connectivity index (χ4n) is 4.28. The minimum absolute atomic E-state index is 0.0538. The Balaban J connectivity index is 1.47. The Morgan fingerprint density at radius 2 is 1.26 bits per heavy atom. The fourth-order valence-corrected chi connectivity index (χ4v) is 4.84. The highest BCUT2D eigenvalue weighted by Gasteiger charge is 2.13. The predicted molar refractivity (Wildman–Crippen MR) is 163 cm³/mol. The summed E-state index contributed by atoms with van der Waals surface area (Å²) in [6.45, 7) is 2.19. The maximum absolute atomic E-state index is 12.4. The first-order chi connectivity index (χ1) is 19.0. The van der Waals surface area contributed by atoms with Gasteiger partial charge in [-0.25, -0.2) is 0 Å². The van der Waals surface area contributed by atoms with Crippen LogP contribution >= 0.6 is 11.9 Å². The summed E-state index contributed by atoms with van der Waals surface area (Å²) in [5.74, 6) is -0.262. The zero-order chi connectivity index (χ0) is 27.6. The molecule has 4 aromatic rings. The molecule has 1 N–H and O–H groups in total. The topological polar surface area (TPSA) is 49.4 Å². The third-order valence-corrected chi connectivity index (χ3v) is 7.05. The largest absolute Gasteiger partial charge is 0.345 e. The van der Waals surface area contributed by atoms with E-state index in [9.17, 15) is 9.59 Å². The minimum Gasteiger partial charge on any atom is -0.345 e. The molecule has 39 heavy (non-hydrogen) atoms. The van der Waals surface area contributed by atoms with E-state index in [1.165, 1.54) is 45.2 Å². The molecule has 0 aliphatic heterocycles. The lowest BCUT2D eigenvalue weighted by Crippen LogP contribution is -2.21. The van der Waals surface area contributed by atoms with Gasteiger partial charge in [-0.2, -0.15) is 0 Å². The summed E-state index contributed by atoms with van der Waals surface area (Å²) in [6, 6.07) is 36.4. The van der Waals surface area contributed by atoms with E-state index in [-0.39, 0.29) is 11.8 Å². The maximum atomic E-state index is 12.4. The molecule has 4 aromatic carbocycles. The molecule has 0 spiro atoms. The van der Waals surface area contributed by atoms with Crippen LogP contribution in [0.15, 0.2) is 120 Å². The average molecular weight is 533 g/mol. The molecule has 0 unspecified atom stereocenters. The van der Waals surface area contributed by atoms with Crippen LogP contribution in [0.4, 0.5) is 0 Å². The van der Waals surface area contributed by atoms with Crippen molar-refractivity contribution in [3.05, 3.63) is 143 Å². The molecule has 0 aromatic heterocycles. The molecule has 196 valence electrons. The summed E-state index contributed by atoms with van der Waals surface area (Å²) in [5, 5.41) is 0. The highest BCUT2D eigenvalue weighted by atomic mass is 32.2. The van der Waals surface area contributed by atoms with Crippen molar-refractivity contribution >= 4 is 41.0 Å². The van der Waals surface area contributed by atoms with E-state index in [0.717, 1.165) is 22.4 Å². The third kappa shape index (κ3) is 7.37. The molecule has 0 aliphatic rings. The Morgan fingerprint density at radius 1 is 0.718 bits per heavy atom. The number of hydrogen-bond donors (Lipinski definition) is 1. The van der Waals surface area contributed by atoms with Gasteiger partial charge in [-0.1, -0.05) is 91.9 Å². The van der Waals surface area contributed by atoms with Crippen LogP contribution in [0, 0.1) is 0 Å². The summed E-state index contributed by atoms with van der Waals surface area (Å²) < 4.78 is 2.82. The second-order valence-corrected chi connectivity index (χ2v) is 10.1. The van der Waals surface area contributed by atoms with E-state index < -0.39 is 0 Å². The van der Waals surface area contributed by atoms with Gasteiger partial charge in [0.15, 0.2) is 0 Å². The van der Waals surface area contributed by atoms with Gasteiger partial charge in [0.1, 0.15) is 0 Å². The number of rotatable bonds is 9. The van der Waals surface area contributed by atoms with Gasteiger partial charge < -0.3 is 4.90 Å². The average Bonchev–Trinajstić information content (AvgIpc) is 2.98. The highest BCUT2D eigenvalue weighted by Crippen LogP contribution is 2.34. The van der Waals surface area contributed by atoms with Crippen LogP contribution in [0.5, 0.6) is 0 Å². The highest BCUT2D eigenvalue weighted by molar-refractivity contribution is 7.98. The quantitative estimate of drug-likeness (QED) is 0.137. The van der Waals surface area contributed by atoms with E-state index >= 15 is 0 Å². The smallest absolute Gasteiger partial charge is 0.254 e. The molecule has 4 rings (SSSR count). The Morgan fingerprint density at radius 3 is 1.82 bits per heavy atom.